The first-order chi connectivity index (χ1) is 17.3. The Balaban J connectivity index is 1.57. The number of carbonyl (C=O) groups excluding carboxylic acids is 1. The average molecular weight is 505 g/mol. The summed E-state index contributed by atoms with van der Waals surface area (Å²) >= 11 is 6.25. The number of rotatable bonds is 4. The van der Waals surface area contributed by atoms with Crippen LogP contribution in [0.3, 0.4) is 0 Å². The molecular weight excluding hydrogens is 476 g/mol. The number of carbonyl (C=O) groups is 1. The van der Waals surface area contributed by atoms with E-state index in [1.165, 1.54) is 0 Å². The second kappa shape index (κ2) is 8.71. The number of imidazole rings is 1. The molecule has 6 rings (SSSR count). The standard InChI is InChI=1S/C27H29ClN6O2/c1-15(2)33-25-23(29-26(33)18-9-11-36-12-10-18)27(35)34(24(25)17-5-7-19(28)8-6-17)20-13-16(3)22-21(14-20)32(4)31-30-22/h5-8,13-15,18,24H,9-12H2,1-4H3/t24-/m0/s1. The van der Waals surface area contributed by atoms with Gasteiger partial charge in [-0.2, -0.15) is 0 Å². The van der Waals surface area contributed by atoms with Gasteiger partial charge in [-0.15, -0.1) is 5.10 Å². The van der Waals surface area contributed by atoms with Crippen molar-refractivity contribution in [3.63, 3.8) is 0 Å². The molecule has 2 aromatic carbocycles. The van der Waals surface area contributed by atoms with Gasteiger partial charge in [-0.3, -0.25) is 9.69 Å². The number of halogens is 1. The number of aromatic nitrogens is 5. The molecule has 0 bridgehead atoms. The highest BCUT2D eigenvalue weighted by atomic mass is 35.5. The van der Waals surface area contributed by atoms with Gasteiger partial charge in [0, 0.05) is 42.9 Å². The fourth-order valence-electron chi connectivity index (χ4n) is 5.66. The van der Waals surface area contributed by atoms with E-state index in [0.29, 0.717) is 10.7 Å². The van der Waals surface area contributed by atoms with Crippen molar-refractivity contribution in [1.29, 1.82) is 0 Å². The highest BCUT2D eigenvalue weighted by Gasteiger charge is 2.45. The molecule has 1 fully saturated rings. The molecule has 2 aliphatic rings. The Bertz CT molecular complexity index is 1470. The van der Waals surface area contributed by atoms with Crippen LogP contribution in [0.15, 0.2) is 36.4 Å². The first-order valence-electron chi connectivity index (χ1n) is 12.4. The molecule has 1 atom stereocenters. The lowest BCUT2D eigenvalue weighted by atomic mass is 9.98. The van der Waals surface area contributed by atoms with Gasteiger partial charge in [0.25, 0.3) is 5.91 Å². The van der Waals surface area contributed by atoms with Crippen LogP contribution >= 0.6 is 11.6 Å². The molecule has 2 aliphatic heterocycles. The van der Waals surface area contributed by atoms with Gasteiger partial charge >= 0.3 is 0 Å². The minimum absolute atomic E-state index is 0.0912. The lowest BCUT2D eigenvalue weighted by molar-refractivity contribution is 0.0824. The smallest absolute Gasteiger partial charge is 0.279 e. The second-order valence-electron chi connectivity index (χ2n) is 10.0. The van der Waals surface area contributed by atoms with Crippen LogP contribution in [0.4, 0.5) is 5.69 Å². The third-order valence-corrected chi connectivity index (χ3v) is 7.63. The summed E-state index contributed by atoms with van der Waals surface area (Å²) in [4.78, 5) is 21.1. The van der Waals surface area contributed by atoms with Crippen molar-refractivity contribution in [3.05, 3.63) is 69.8 Å². The zero-order valence-corrected chi connectivity index (χ0v) is 21.7. The van der Waals surface area contributed by atoms with Gasteiger partial charge in [0.15, 0.2) is 5.69 Å². The van der Waals surface area contributed by atoms with Crippen LogP contribution in [-0.4, -0.2) is 43.7 Å². The van der Waals surface area contributed by atoms with E-state index in [9.17, 15) is 4.79 Å². The molecule has 9 heteroatoms. The van der Waals surface area contributed by atoms with Crippen molar-refractivity contribution >= 4 is 34.2 Å². The van der Waals surface area contributed by atoms with Crippen molar-refractivity contribution in [2.45, 2.75) is 51.6 Å². The quantitative estimate of drug-likeness (QED) is 0.374. The van der Waals surface area contributed by atoms with Crippen LogP contribution in [0.5, 0.6) is 0 Å². The summed E-state index contributed by atoms with van der Waals surface area (Å²) in [5, 5.41) is 9.13. The van der Waals surface area contributed by atoms with E-state index < -0.39 is 0 Å². The number of ether oxygens (including phenoxy) is 1. The lowest BCUT2D eigenvalue weighted by Crippen LogP contribution is -2.31. The Hall–Kier alpha value is -3.23. The molecule has 1 saturated heterocycles. The SMILES string of the molecule is Cc1cc(N2C(=O)c3nc(C4CCOCC4)n(C(C)C)c3[C@@H]2c2ccc(Cl)cc2)cc2c1nnn2C. The fraction of sp³-hybridized carbons (Fsp3) is 0.407. The minimum Gasteiger partial charge on any atom is -0.381 e. The maximum absolute atomic E-state index is 14.2. The second-order valence-corrected chi connectivity index (χ2v) is 10.5. The van der Waals surface area contributed by atoms with Crippen molar-refractivity contribution in [2.75, 3.05) is 18.1 Å². The topological polar surface area (TPSA) is 78.1 Å². The molecule has 4 heterocycles. The minimum atomic E-state index is -0.328. The molecule has 4 aromatic rings. The molecule has 0 N–H and O–H groups in total. The summed E-state index contributed by atoms with van der Waals surface area (Å²) in [6.45, 7) is 7.77. The first kappa shape index (κ1) is 23.2. The van der Waals surface area contributed by atoms with Gasteiger partial charge in [-0.05, 0) is 69.0 Å². The van der Waals surface area contributed by atoms with Crippen LogP contribution in [0, 0.1) is 6.92 Å². The van der Waals surface area contributed by atoms with Crippen LogP contribution in [0.25, 0.3) is 11.0 Å². The van der Waals surface area contributed by atoms with Crippen molar-refractivity contribution in [1.82, 2.24) is 24.5 Å². The molecule has 186 valence electrons. The molecule has 8 nitrogen and oxygen atoms in total. The zero-order chi connectivity index (χ0) is 25.1. The van der Waals surface area contributed by atoms with Gasteiger partial charge in [-0.25, -0.2) is 9.67 Å². The molecule has 1 amide bonds. The molecule has 2 aromatic heterocycles. The largest absolute Gasteiger partial charge is 0.381 e. The van der Waals surface area contributed by atoms with E-state index in [-0.39, 0.29) is 23.9 Å². The maximum atomic E-state index is 14.2. The highest BCUT2D eigenvalue weighted by Crippen LogP contribution is 2.45. The molecule has 0 saturated carbocycles. The number of fused-ring (bicyclic) bond motifs is 2. The van der Waals surface area contributed by atoms with Gasteiger partial charge in [-0.1, -0.05) is 28.9 Å². The molecule has 0 aliphatic carbocycles. The predicted molar refractivity (Wildman–Crippen MR) is 139 cm³/mol. The van der Waals surface area contributed by atoms with Gasteiger partial charge in [0.2, 0.25) is 0 Å². The van der Waals surface area contributed by atoms with Gasteiger partial charge in [0.05, 0.1) is 11.2 Å². The zero-order valence-electron chi connectivity index (χ0n) is 20.9. The highest BCUT2D eigenvalue weighted by molar-refractivity contribution is 6.30. The van der Waals surface area contributed by atoms with Gasteiger partial charge in [0.1, 0.15) is 17.4 Å². The van der Waals surface area contributed by atoms with E-state index in [4.69, 9.17) is 21.3 Å². The van der Waals surface area contributed by atoms with E-state index in [2.05, 4.69) is 28.7 Å². The average Bonchev–Trinajstić information content (AvgIpc) is 3.52. The number of hydrogen-bond acceptors (Lipinski definition) is 5. The van der Waals surface area contributed by atoms with Crippen LogP contribution in [-0.2, 0) is 11.8 Å². The summed E-state index contributed by atoms with van der Waals surface area (Å²) in [6.07, 6.45) is 1.82. The monoisotopic (exact) mass is 504 g/mol. The Labute approximate surface area is 214 Å². The normalized spacial score (nSPS) is 18.6. The van der Waals surface area contributed by atoms with Crippen molar-refractivity contribution < 1.29 is 9.53 Å². The van der Waals surface area contributed by atoms with Crippen molar-refractivity contribution in [2.24, 2.45) is 7.05 Å². The number of aryl methyl sites for hydroxylation is 2. The first-order valence-corrected chi connectivity index (χ1v) is 12.8. The number of hydrogen-bond donors (Lipinski definition) is 0. The van der Waals surface area contributed by atoms with Gasteiger partial charge < -0.3 is 9.30 Å². The summed E-state index contributed by atoms with van der Waals surface area (Å²) in [6, 6.07) is 11.6. The molecule has 0 unspecified atom stereocenters. The Morgan fingerprint density at radius 3 is 2.53 bits per heavy atom. The maximum Gasteiger partial charge on any atom is 0.279 e. The summed E-state index contributed by atoms with van der Waals surface area (Å²) in [5.41, 5.74) is 5.96. The van der Waals surface area contributed by atoms with Crippen LogP contribution < -0.4 is 4.90 Å². The number of nitrogens with zero attached hydrogens (tertiary/aromatic N) is 6. The molecule has 0 spiro atoms. The Kier molecular flexibility index (Phi) is 5.61. The molecule has 36 heavy (non-hydrogen) atoms. The molecular formula is C27H29ClN6O2. The summed E-state index contributed by atoms with van der Waals surface area (Å²) < 4.78 is 9.64. The fourth-order valence-corrected chi connectivity index (χ4v) is 5.78. The number of amides is 1. The van der Waals surface area contributed by atoms with Crippen LogP contribution in [0.1, 0.15) is 77.8 Å². The Morgan fingerprint density at radius 2 is 1.83 bits per heavy atom. The van der Waals surface area contributed by atoms with Crippen LogP contribution in [0.2, 0.25) is 5.02 Å². The van der Waals surface area contributed by atoms with E-state index in [0.717, 1.165) is 65.4 Å². The third-order valence-electron chi connectivity index (χ3n) is 7.37. The van der Waals surface area contributed by atoms with E-state index in [1.807, 2.05) is 55.3 Å². The Morgan fingerprint density at radius 1 is 1.11 bits per heavy atom. The third kappa shape index (κ3) is 3.54. The van der Waals surface area contributed by atoms with E-state index >= 15 is 0 Å². The number of benzene rings is 2. The lowest BCUT2D eigenvalue weighted by Gasteiger charge is -2.30. The number of anilines is 1. The van der Waals surface area contributed by atoms with Crippen molar-refractivity contribution in [3.8, 4) is 0 Å². The summed E-state index contributed by atoms with van der Waals surface area (Å²) in [7, 11) is 1.87. The molecule has 0 radical (unpaired) electrons. The predicted octanol–water partition coefficient (Wildman–Crippen LogP) is 5.35. The van der Waals surface area contributed by atoms with E-state index in [1.54, 1.807) is 4.68 Å². The summed E-state index contributed by atoms with van der Waals surface area (Å²) in [5.74, 6) is 1.18.